The zero-order chi connectivity index (χ0) is 9.14. The topological polar surface area (TPSA) is 78.1 Å². The highest BCUT2D eigenvalue weighted by molar-refractivity contribution is 5.55. The molecule has 3 heteroatoms. The van der Waals surface area contributed by atoms with Crippen molar-refractivity contribution in [1.82, 2.24) is 0 Å². The number of benzene rings is 1. The maximum absolute atomic E-state index is 5.73. The molecule has 1 atom stereocenters. The summed E-state index contributed by atoms with van der Waals surface area (Å²) in [5, 5.41) is 0. The van der Waals surface area contributed by atoms with E-state index >= 15 is 0 Å². The molecule has 0 aliphatic heterocycles. The van der Waals surface area contributed by atoms with Crippen LogP contribution in [0, 0.1) is 0 Å². The molecular weight excluding hydrogens is 150 g/mol. The standard InChI is InChI=1S/C9H15N3/c1-6(10)4-7-5-8(11)2-3-9(7)12/h2-3,5-6H,4,10-12H2,1H3/t6-/m1/s1. The molecule has 1 rings (SSSR count). The summed E-state index contributed by atoms with van der Waals surface area (Å²) in [6, 6.07) is 5.60. The summed E-state index contributed by atoms with van der Waals surface area (Å²) in [6.45, 7) is 1.95. The maximum Gasteiger partial charge on any atom is 0.0348 e. The van der Waals surface area contributed by atoms with Gasteiger partial charge in [0.25, 0.3) is 0 Å². The molecule has 0 heterocycles. The van der Waals surface area contributed by atoms with Crippen LogP contribution in [0.1, 0.15) is 12.5 Å². The Morgan fingerprint density at radius 3 is 2.58 bits per heavy atom. The predicted octanol–water partition coefficient (Wildman–Crippen LogP) is 0.741. The van der Waals surface area contributed by atoms with Gasteiger partial charge in [-0.2, -0.15) is 0 Å². The van der Waals surface area contributed by atoms with Crippen LogP contribution in [0.5, 0.6) is 0 Å². The number of rotatable bonds is 2. The third kappa shape index (κ3) is 2.13. The number of nitrogens with two attached hydrogens (primary N) is 3. The number of nitrogen functional groups attached to an aromatic ring is 2. The molecule has 0 bridgehead atoms. The van der Waals surface area contributed by atoms with Gasteiger partial charge >= 0.3 is 0 Å². The Bertz CT molecular complexity index is 268. The van der Waals surface area contributed by atoms with Crippen molar-refractivity contribution < 1.29 is 0 Å². The second kappa shape index (κ2) is 3.45. The van der Waals surface area contributed by atoms with Crippen molar-refractivity contribution in [2.45, 2.75) is 19.4 Å². The molecule has 0 amide bonds. The molecule has 66 valence electrons. The van der Waals surface area contributed by atoms with Gasteiger partial charge in [-0.15, -0.1) is 0 Å². The zero-order valence-electron chi connectivity index (χ0n) is 7.25. The van der Waals surface area contributed by atoms with E-state index in [0.29, 0.717) is 0 Å². The lowest BCUT2D eigenvalue weighted by atomic mass is 10.1. The number of hydrogen-bond donors (Lipinski definition) is 3. The summed E-state index contributed by atoms with van der Waals surface area (Å²) in [4.78, 5) is 0. The van der Waals surface area contributed by atoms with E-state index in [-0.39, 0.29) is 6.04 Å². The van der Waals surface area contributed by atoms with E-state index in [0.717, 1.165) is 23.4 Å². The average Bonchev–Trinajstić information content (AvgIpc) is 1.96. The van der Waals surface area contributed by atoms with E-state index in [1.165, 1.54) is 0 Å². The smallest absolute Gasteiger partial charge is 0.0348 e. The maximum atomic E-state index is 5.73. The Morgan fingerprint density at radius 2 is 2.00 bits per heavy atom. The van der Waals surface area contributed by atoms with E-state index < -0.39 is 0 Å². The zero-order valence-corrected chi connectivity index (χ0v) is 7.25. The molecule has 1 aromatic carbocycles. The van der Waals surface area contributed by atoms with Gasteiger partial charge in [-0.05, 0) is 37.1 Å². The molecule has 0 saturated heterocycles. The normalized spacial score (nSPS) is 12.8. The van der Waals surface area contributed by atoms with E-state index in [1.807, 2.05) is 19.1 Å². The highest BCUT2D eigenvalue weighted by atomic mass is 14.6. The second-order valence-electron chi connectivity index (χ2n) is 3.14. The Labute approximate surface area is 72.5 Å². The molecular formula is C9H15N3. The number of anilines is 2. The van der Waals surface area contributed by atoms with Gasteiger partial charge in [0.1, 0.15) is 0 Å². The molecule has 0 saturated carbocycles. The predicted molar refractivity (Wildman–Crippen MR) is 52.6 cm³/mol. The van der Waals surface area contributed by atoms with Crippen LogP contribution in [0.3, 0.4) is 0 Å². The first-order valence-electron chi connectivity index (χ1n) is 3.99. The molecule has 0 aliphatic carbocycles. The minimum absolute atomic E-state index is 0.120. The number of hydrogen-bond acceptors (Lipinski definition) is 3. The summed E-state index contributed by atoms with van der Waals surface area (Å²) in [6.07, 6.45) is 0.775. The molecule has 0 radical (unpaired) electrons. The fourth-order valence-electron chi connectivity index (χ4n) is 1.15. The highest BCUT2D eigenvalue weighted by Crippen LogP contribution is 2.16. The summed E-state index contributed by atoms with van der Waals surface area (Å²) >= 11 is 0. The third-order valence-corrected chi connectivity index (χ3v) is 1.71. The Balaban J connectivity index is 2.90. The van der Waals surface area contributed by atoms with Crippen molar-refractivity contribution in [3.8, 4) is 0 Å². The average molecular weight is 165 g/mol. The Morgan fingerprint density at radius 1 is 1.33 bits per heavy atom. The van der Waals surface area contributed by atoms with Gasteiger partial charge in [0.05, 0.1) is 0 Å². The Hall–Kier alpha value is -1.22. The molecule has 0 unspecified atom stereocenters. The van der Waals surface area contributed by atoms with Crippen molar-refractivity contribution in [3.63, 3.8) is 0 Å². The van der Waals surface area contributed by atoms with Crippen molar-refractivity contribution in [1.29, 1.82) is 0 Å². The minimum Gasteiger partial charge on any atom is -0.399 e. The lowest BCUT2D eigenvalue weighted by Gasteiger charge is -2.08. The van der Waals surface area contributed by atoms with Crippen molar-refractivity contribution in [2.75, 3.05) is 11.5 Å². The van der Waals surface area contributed by atoms with Gasteiger partial charge in [0.2, 0.25) is 0 Å². The summed E-state index contributed by atoms with van der Waals surface area (Å²) in [7, 11) is 0. The van der Waals surface area contributed by atoms with Gasteiger partial charge in [-0.25, -0.2) is 0 Å². The molecule has 6 N–H and O–H groups in total. The minimum atomic E-state index is 0.120. The molecule has 3 nitrogen and oxygen atoms in total. The second-order valence-corrected chi connectivity index (χ2v) is 3.14. The Kier molecular flexibility index (Phi) is 2.55. The summed E-state index contributed by atoms with van der Waals surface area (Å²) in [5.41, 5.74) is 19.5. The highest BCUT2D eigenvalue weighted by Gasteiger charge is 2.02. The van der Waals surface area contributed by atoms with E-state index in [2.05, 4.69) is 0 Å². The van der Waals surface area contributed by atoms with Crippen LogP contribution >= 0.6 is 0 Å². The van der Waals surface area contributed by atoms with Crippen LogP contribution in [0.15, 0.2) is 18.2 Å². The van der Waals surface area contributed by atoms with E-state index in [1.54, 1.807) is 6.07 Å². The molecule has 1 aromatic rings. The van der Waals surface area contributed by atoms with Crippen LogP contribution in [0.2, 0.25) is 0 Å². The van der Waals surface area contributed by atoms with Crippen molar-refractivity contribution >= 4 is 11.4 Å². The fraction of sp³-hybridized carbons (Fsp3) is 0.333. The third-order valence-electron chi connectivity index (χ3n) is 1.71. The molecule has 0 spiro atoms. The molecule has 12 heavy (non-hydrogen) atoms. The van der Waals surface area contributed by atoms with E-state index in [9.17, 15) is 0 Å². The molecule has 0 fully saturated rings. The van der Waals surface area contributed by atoms with Gasteiger partial charge in [-0.3, -0.25) is 0 Å². The summed E-state index contributed by atoms with van der Waals surface area (Å²) < 4.78 is 0. The van der Waals surface area contributed by atoms with Gasteiger partial charge in [-0.1, -0.05) is 0 Å². The monoisotopic (exact) mass is 165 g/mol. The SMILES string of the molecule is C[C@@H](N)Cc1cc(N)ccc1N. The van der Waals surface area contributed by atoms with Gasteiger partial charge < -0.3 is 17.2 Å². The van der Waals surface area contributed by atoms with Gasteiger partial charge in [0, 0.05) is 17.4 Å². The lowest BCUT2D eigenvalue weighted by Crippen LogP contribution is -2.18. The fourth-order valence-corrected chi connectivity index (χ4v) is 1.15. The van der Waals surface area contributed by atoms with Crippen LogP contribution in [-0.2, 0) is 6.42 Å². The first kappa shape index (κ1) is 8.87. The van der Waals surface area contributed by atoms with Crippen molar-refractivity contribution in [3.05, 3.63) is 23.8 Å². The van der Waals surface area contributed by atoms with Crippen LogP contribution in [0.25, 0.3) is 0 Å². The van der Waals surface area contributed by atoms with Crippen LogP contribution in [-0.4, -0.2) is 6.04 Å². The van der Waals surface area contributed by atoms with Gasteiger partial charge in [0.15, 0.2) is 0 Å². The van der Waals surface area contributed by atoms with Crippen LogP contribution in [0.4, 0.5) is 11.4 Å². The van der Waals surface area contributed by atoms with Crippen molar-refractivity contribution in [2.24, 2.45) is 5.73 Å². The lowest BCUT2D eigenvalue weighted by molar-refractivity contribution is 0.740. The quantitative estimate of drug-likeness (QED) is 0.565. The first-order valence-corrected chi connectivity index (χ1v) is 3.99. The molecule has 0 aliphatic rings. The summed E-state index contributed by atoms with van der Waals surface area (Å²) in [5.74, 6) is 0. The van der Waals surface area contributed by atoms with E-state index in [4.69, 9.17) is 17.2 Å². The molecule has 0 aromatic heterocycles. The first-order chi connectivity index (χ1) is 5.59. The largest absolute Gasteiger partial charge is 0.399 e. The van der Waals surface area contributed by atoms with Crippen LogP contribution < -0.4 is 17.2 Å².